The zero-order valence-corrected chi connectivity index (χ0v) is 11.8. The first-order valence-corrected chi connectivity index (χ1v) is 6.64. The molecule has 1 aliphatic rings. The fourth-order valence-electron chi connectivity index (χ4n) is 2.52. The summed E-state index contributed by atoms with van der Waals surface area (Å²) in [6.45, 7) is 4.02. The maximum Gasteiger partial charge on any atom is 0.248 e. The van der Waals surface area contributed by atoms with Crippen molar-refractivity contribution in [2.45, 2.75) is 13.0 Å². The van der Waals surface area contributed by atoms with Gasteiger partial charge in [0.05, 0.1) is 0 Å². The molecule has 0 radical (unpaired) electrons. The fraction of sp³-hybridized carbons (Fsp3) is 0.429. The number of nitrogens with one attached hydrogen (secondary N) is 2. The number of carbonyl (C=O) groups excluding carboxylic acids is 2. The summed E-state index contributed by atoms with van der Waals surface area (Å²) in [7, 11) is 1.64. The molecule has 1 fully saturated rings. The summed E-state index contributed by atoms with van der Waals surface area (Å²) >= 11 is 0. The monoisotopic (exact) mass is 276 g/mol. The van der Waals surface area contributed by atoms with E-state index in [1.54, 1.807) is 13.1 Å². The number of benzene rings is 1. The number of rotatable bonds is 3. The number of hydrogen-bond acceptors (Lipinski definition) is 4. The Labute approximate surface area is 118 Å². The number of likely N-dealkylation sites (N-methyl/N-ethyl adjacent to an activating group) is 1. The molecule has 2 amide bonds. The van der Waals surface area contributed by atoms with Gasteiger partial charge in [-0.1, -0.05) is 0 Å². The Balaban J connectivity index is 2.31. The third-order valence-corrected chi connectivity index (χ3v) is 3.60. The van der Waals surface area contributed by atoms with Crippen molar-refractivity contribution < 1.29 is 9.59 Å². The van der Waals surface area contributed by atoms with Crippen LogP contribution in [0.2, 0.25) is 0 Å². The van der Waals surface area contributed by atoms with E-state index in [1.165, 1.54) is 0 Å². The van der Waals surface area contributed by atoms with Crippen molar-refractivity contribution in [1.29, 1.82) is 0 Å². The van der Waals surface area contributed by atoms with Crippen molar-refractivity contribution in [3.63, 3.8) is 0 Å². The Morgan fingerprint density at radius 1 is 1.45 bits per heavy atom. The minimum Gasteiger partial charge on any atom is -0.366 e. The van der Waals surface area contributed by atoms with E-state index in [1.807, 2.05) is 24.0 Å². The highest BCUT2D eigenvalue weighted by Gasteiger charge is 2.28. The minimum atomic E-state index is -0.433. The molecule has 0 spiro atoms. The van der Waals surface area contributed by atoms with Crippen LogP contribution in [-0.2, 0) is 4.79 Å². The van der Waals surface area contributed by atoms with Crippen LogP contribution in [-0.4, -0.2) is 44.5 Å². The lowest BCUT2D eigenvalue weighted by Crippen LogP contribution is -2.57. The molecule has 6 nitrogen and oxygen atoms in total. The van der Waals surface area contributed by atoms with E-state index in [0.717, 1.165) is 24.3 Å². The Morgan fingerprint density at radius 2 is 2.20 bits per heavy atom. The summed E-state index contributed by atoms with van der Waals surface area (Å²) < 4.78 is 0. The molecule has 6 heteroatoms. The van der Waals surface area contributed by atoms with Gasteiger partial charge in [0.1, 0.15) is 6.04 Å². The van der Waals surface area contributed by atoms with Crippen molar-refractivity contribution in [2.24, 2.45) is 5.73 Å². The van der Waals surface area contributed by atoms with E-state index in [0.29, 0.717) is 12.1 Å². The molecule has 1 aromatic carbocycles. The van der Waals surface area contributed by atoms with Gasteiger partial charge >= 0.3 is 0 Å². The van der Waals surface area contributed by atoms with E-state index in [9.17, 15) is 9.59 Å². The molecule has 1 atom stereocenters. The van der Waals surface area contributed by atoms with Crippen LogP contribution in [0, 0.1) is 6.92 Å². The molecule has 2 rings (SSSR count). The number of anilines is 1. The van der Waals surface area contributed by atoms with Crippen LogP contribution in [0.1, 0.15) is 15.9 Å². The second-order valence-corrected chi connectivity index (χ2v) is 4.89. The number of nitrogens with zero attached hydrogens (tertiary/aromatic N) is 1. The fourth-order valence-corrected chi connectivity index (χ4v) is 2.52. The molecule has 20 heavy (non-hydrogen) atoms. The SMILES string of the molecule is CNC(=O)C1CNCCN1c1ccc(C(N)=O)c(C)c1. The van der Waals surface area contributed by atoms with Crippen LogP contribution in [0.3, 0.4) is 0 Å². The van der Waals surface area contributed by atoms with Gasteiger partial charge in [-0.25, -0.2) is 0 Å². The average molecular weight is 276 g/mol. The van der Waals surface area contributed by atoms with E-state index >= 15 is 0 Å². The third kappa shape index (κ3) is 2.75. The lowest BCUT2D eigenvalue weighted by atomic mass is 10.0. The highest BCUT2D eigenvalue weighted by Crippen LogP contribution is 2.22. The van der Waals surface area contributed by atoms with Gasteiger partial charge in [-0.15, -0.1) is 0 Å². The second kappa shape index (κ2) is 5.92. The topological polar surface area (TPSA) is 87.5 Å². The molecule has 1 aliphatic heterocycles. The molecule has 0 aliphatic carbocycles. The van der Waals surface area contributed by atoms with Gasteiger partial charge in [0, 0.05) is 37.9 Å². The van der Waals surface area contributed by atoms with Gasteiger partial charge in [0.2, 0.25) is 11.8 Å². The number of aryl methyl sites for hydroxylation is 1. The predicted octanol–water partition coefficient (Wildman–Crippen LogP) is -0.382. The van der Waals surface area contributed by atoms with Crippen molar-refractivity contribution in [2.75, 3.05) is 31.6 Å². The number of primary amides is 1. The van der Waals surface area contributed by atoms with Gasteiger partial charge in [-0.2, -0.15) is 0 Å². The van der Waals surface area contributed by atoms with Crippen LogP contribution in [0.15, 0.2) is 18.2 Å². The number of amides is 2. The molecular weight excluding hydrogens is 256 g/mol. The first-order valence-electron chi connectivity index (χ1n) is 6.64. The zero-order valence-electron chi connectivity index (χ0n) is 11.8. The molecule has 108 valence electrons. The average Bonchev–Trinajstić information content (AvgIpc) is 2.46. The largest absolute Gasteiger partial charge is 0.366 e. The Morgan fingerprint density at radius 3 is 2.80 bits per heavy atom. The Bertz CT molecular complexity index is 530. The van der Waals surface area contributed by atoms with Crippen molar-refractivity contribution in [3.8, 4) is 0 Å². The summed E-state index contributed by atoms with van der Waals surface area (Å²) in [4.78, 5) is 25.3. The van der Waals surface area contributed by atoms with E-state index in [2.05, 4.69) is 10.6 Å². The van der Waals surface area contributed by atoms with E-state index in [4.69, 9.17) is 5.73 Å². The van der Waals surface area contributed by atoms with Gasteiger partial charge in [0.15, 0.2) is 0 Å². The molecular formula is C14H20N4O2. The normalized spacial score (nSPS) is 18.7. The molecule has 1 saturated heterocycles. The smallest absolute Gasteiger partial charge is 0.248 e. The first kappa shape index (κ1) is 14.3. The van der Waals surface area contributed by atoms with E-state index in [-0.39, 0.29) is 11.9 Å². The van der Waals surface area contributed by atoms with Gasteiger partial charge in [-0.05, 0) is 30.7 Å². The highest BCUT2D eigenvalue weighted by molar-refractivity contribution is 5.95. The van der Waals surface area contributed by atoms with Crippen LogP contribution in [0.5, 0.6) is 0 Å². The number of piperazine rings is 1. The van der Waals surface area contributed by atoms with Crippen LogP contribution in [0.25, 0.3) is 0 Å². The maximum atomic E-state index is 11.9. The number of hydrogen-bond donors (Lipinski definition) is 3. The lowest BCUT2D eigenvalue weighted by molar-refractivity contribution is -0.122. The van der Waals surface area contributed by atoms with Crippen molar-refractivity contribution in [1.82, 2.24) is 10.6 Å². The molecule has 0 saturated carbocycles. The zero-order chi connectivity index (χ0) is 14.7. The quantitative estimate of drug-likeness (QED) is 0.702. The van der Waals surface area contributed by atoms with Crippen molar-refractivity contribution in [3.05, 3.63) is 29.3 Å². The molecule has 0 bridgehead atoms. The minimum absolute atomic E-state index is 0.0196. The van der Waals surface area contributed by atoms with Gasteiger partial charge in [0.25, 0.3) is 0 Å². The number of carbonyl (C=O) groups is 2. The summed E-state index contributed by atoms with van der Waals surface area (Å²) in [6, 6.07) is 5.22. The van der Waals surface area contributed by atoms with E-state index < -0.39 is 5.91 Å². The summed E-state index contributed by atoms with van der Waals surface area (Å²) in [6.07, 6.45) is 0. The maximum absolute atomic E-state index is 11.9. The van der Waals surface area contributed by atoms with Gasteiger partial charge in [-0.3, -0.25) is 9.59 Å². The molecule has 1 unspecified atom stereocenters. The lowest BCUT2D eigenvalue weighted by Gasteiger charge is -2.37. The summed E-state index contributed by atoms with van der Waals surface area (Å²) in [5.74, 6) is -0.453. The predicted molar refractivity (Wildman–Crippen MR) is 77.8 cm³/mol. The summed E-state index contributed by atoms with van der Waals surface area (Å²) in [5, 5.41) is 5.90. The first-order chi connectivity index (χ1) is 9.54. The van der Waals surface area contributed by atoms with Crippen LogP contribution in [0.4, 0.5) is 5.69 Å². The number of nitrogens with two attached hydrogens (primary N) is 1. The standard InChI is InChI=1S/C14H20N4O2/c1-9-7-10(3-4-11(9)13(15)19)18-6-5-17-8-12(18)14(20)16-2/h3-4,7,12,17H,5-6,8H2,1-2H3,(H2,15,19)(H,16,20). The Hall–Kier alpha value is -2.08. The highest BCUT2D eigenvalue weighted by atomic mass is 16.2. The molecule has 1 aromatic rings. The van der Waals surface area contributed by atoms with Gasteiger partial charge < -0.3 is 21.3 Å². The summed E-state index contributed by atoms with van der Waals surface area (Å²) in [5.41, 5.74) is 7.58. The van der Waals surface area contributed by atoms with Crippen LogP contribution >= 0.6 is 0 Å². The third-order valence-electron chi connectivity index (χ3n) is 3.60. The molecule has 0 aromatic heterocycles. The van der Waals surface area contributed by atoms with Crippen molar-refractivity contribution >= 4 is 17.5 Å². The second-order valence-electron chi connectivity index (χ2n) is 4.89. The van der Waals surface area contributed by atoms with Crippen LogP contribution < -0.4 is 21.3 Å². The Kier molecular flexibility index (Phi) is 4.24. The molecule has 1 heterocycles. The molecule has 4 N–H and O–H groups in total.